The number of rotatable bonds is 5. The van der Waals surface area contributed by atoms with E-state index in [4.69, 9.17) is 15.2 Å². The van der Waals surface area contributed by atoms with Gasteiger partial charge in [-0.1, -0.05) is 42.5 Å². The van der Waals surface area contributed by atoms with Gasteiger partial charge in [0, 0.05) is 49.2 Å². The zero-order valence-electron chi connectivity index (χ0n) is 18.5. The monoisotopic (exact) mass is 429 g/mol. The van der Waals surface area contributed by atoms with Gasteiger partial charge in [0.05, 0.1) is 26.4 Å². The van der Waals surface area contributed by atoms with Crippen LogP contribution in [-0.2, 0) is 9.47 Å². The van der Waals surface area contributed by atoms with Gasteiger partial charge in [-0.05, 0) is 47.0 Å². The van der Waals surface area contributed by atoms with E-state index in [-0.39, 0.29) is 5.92 Å². The minimum absolute atomic E-state index is 0.0914. The van der Waals surface area contributed by atoms with E-state index in [0.29, 0.717) is 0 Å². The largest absolute Gasteiger partial charge is 0.398 e. The summed E-state index contributed by atoms with van der Waals surface area (Å²) >= 11 is 0. The number of hydrogen-bond acceptors (Lipinski definition) is 5. The first kappa shape index (κ1) is 20.9. The van der Waals surface area contributed by atoms with Gasteiger partial charge in [0.1, 0.15) is 0 Å². The van der Waals surface area contributed by atoms with Crippen molar-refractivity contribution in [2.24, 2.45) is 0 Å². The van der Waals surface area contributed by atoms with E-state index in [9.17, 15) is 0 Å². The van der Waals surface area contributed by atoms with E-state index in [0.717, 1.165) is 63.9 Å². The normalized spacial score (nSPS) is 17.0. The maximum Gasteiger partial charge on any atom is 0.0642 e. The molecule has 3 aromatic carbocycles. The molecular formula is C27H31N3O2. The van der Waals surface area contributed by atoms with E-state index in [1.807, 2.05) is 12.1 Å². The number of nitrogens with zero attached hydrogens (tertiary/aromatic N) is 2. The van der Waals surface area contributed by atoms with Crippen molar-refractivity contribution in [3.05, 3.63) is 89.5 Å². The lowest BCUT2D eigenvalue weighted by Crippen LogP contribution is -2.36. The van der Waals surface area contributed by atoms with Gasteiger partial charge in [0.25, 0.3) is 0 Å². The van der Waals surface area contributed by atoms with E-state index >= 15 is 0 Å². The van der Waals surface area contributed by atoms with E-state index in [1.165, 1.54) is 22.5 Å². The Labute approximate surface area is 190 Å². The standard InChI is InChI=1S/C27H31N3O2/c28-26-4-2-1-3-25(26)27(21-5-9-23(10-6-21)29-13-17-31-18-14-29)22-7-11-24(12-8-22)30-15-19-32-20-16-30/h1-12,27H,13-20,28H2. The molecule has 5 rings (SSSR count). The van der Waals surface area contributed by atoms with Crippen LogP contribution in [0.3, 0.4) is 0 Å². The summed E-state index contributed by atoms with van der Waals surface area (Å²) in [7, 11) is 0. The minimum atomic E-state index is 0.0914. The molecule has 2 N–H and O–H groups in total. The molecule has 5 nitrogen and oxygen atoms in total. The van der Waals surface area contributed by atoms with Crippen molar-refractivity contribution in [3.63, 3.8) is 0 Å². The van der Waals surface area contributed by atoms with Crippen molar-refractivity contribution < 1.29 is 9.47 Å². The zero-order chi connectivity index (χ0) is 21.8. The summed E-state index contributed by atoms with van der Waals surface area (Å²) in [5.41, 5.74) is 13.4. The average molecular weight is 430 g/mol. The number of nitrogens with two attached hydrogens (primary N) is 1. The van der Waals surface area contributed by atoms with Crippen molar-refractivity contribution in [1.82, 2.24) is 0 Å². The third kappa shape index (κ3) is 4.45. The number of morpholine rings is 2. The number of anilines is 3. The van der Waals surface area contributed by atoms with Crippen molar-refractivity contribution in [1.29, 1.82) is 0 Å². The molecule has 3 aromatic rings. The molecule has 0 radical (unpaired) electrons. The highest BCUT2D eigenvalue weighted by Crippen LogP contribution is 2.36. The summed E-state index contributed by atoms with van der Waals surface area (Å²) in [6.45, 7) is 6.94. The molecule has 32 heavy (non-hydrogen) atoms. The predicted octanol–water partition coefficient (Wildman–Crippen LogP) is 4.12. The minimum Gasteiger partial charge on any atom is -0.398 e. The van der Waals surface area contributed by atoms with Gasteiger partial charge in [-0.25, -0.2) is 0 Å². The van der Waals surface area contributed by atoms with Crippen LogP contribution in [0.25, 0.3) is 0 Å². The number of benzene rings is 3. The van der Waals surface area contributed by atoms with Crippen LogP contribution < -0.4 is 15.5 Å². The smallest absolute Gasteiger partial charge is 0.0642 e. The predicted molar refractivity (Wildman–Crippen MR) is 131 cm³/mol. The van der Waals surface area contributed by atoms with Crippen LogP contribution in [0.5, 0.6) is 0 Å². The number of ether oxygens (including phenoxy) is 2. The van der Waals surface area contributed by atoms with Crippen LogP contribution in [0.1, 0.15) is 22.6 Å². The van der Waals surface area contributed by atoms with Crippen molar-refractivity contribution >= 4 is 17.1 Å². The van der Waals surface area contributed by atoms with Crippen molar-refractivity contribution in [2.45, 2.75) is 5.92 Å². The molecule has 0 aliphatic carbocycles. The van der Waals surface area contributed by atoms with Gasteiger partial charge in [-0.15, -0.1) is 0 Å². The number of hydrogen-bond donors (Lipinski definition) is 1. The zero-order valence-corrected chi connectivity index (χ0v) is 18.5. The highest BCUT2D eigenvalue weighted by molar-refractivity contribution is 5.59. The first-order valence-electron chi connectivity index (χ1n) is 11.5. The molecule has 5 heteroatoms. The van der Waals surface area contributed by atoms with E-state index in [1.54, 1.807) is 0 Å². The molecule has 2 aliphatic heterocycles. The maximum atomic E-state index is 6.45. The van der Waals surface area contributed by atoms with Crippen molar-refractivity contribution in [2.75, 3.05) is 68.1 Å². The topological polar surface area (TPSA) is 51.0 Å². The second kappa shape index (κ2) is 9.63. The van der Waals surface area contributed by atoms with Crippen LogP contribution >= 0.6 is 0 Å². The highest BCUT2D eigenvalue weighted by atomic mass is 16.5. The van der Waals surface area contributed by atoms with Crippen LogP contribution in [0, 0.1) is 0 Å². The van der Waals surface area contributed by atoms with Crippen LogP contribution in [0.15, 0.2) is 72.8 Å². The molecule has 2 saturated heterocycles. The molecule has 0 amide bonds. The molecule has 0 unspecified atom stereocenters. The second-order valence-corrected chi connectivity index (χ2v) is 8.44. The molecule has 2 fully saturated rings. The maximum absolute atomic E-state index is 6.45. The molecule has 0 atom stereocenters. The van der Waals surface area contributed by atoms with E-state index in [2.05, 4.69) is 70.5 Å². The van der Waals surface area contributed by atoms with Gasteiger partial charge in [0.2, 0.25) is 0 Å². The highest BCUT2D eigenvalue weighted by Gasteiger charge is 2.21. The fraction of sp³-hybridized carbons (Fsp3) is 0.333. The summed E-state index contributed by atoms with van der Waals surface area (Å²) < 4.78 is 11.0. The Bertz CT molecular complexity index is 946. The van der Waals surface area contributed by atoms with Gasteiger partial charge < -0.3 is 25.0 Å². The lowest BCUT2D eigenvalue weighted by molar-refractivity contribution is 0.122. The third-order valence-electron chi connectivity index (χ3n) is 6.51. The van der Waals surface area contributed by atoms with E-state index < -0.39 is 0 Å². The summed E-state index contributed by atoms with van der Waals surface area (Å²) in [6.07, 6.45) is 0. The second-order valence-electron chi connectivity index (χ2n) is 8.44. The quantitative estimate of drug-likeness (QED) is 0.488. The van der Waals surface area contributed by atoms with Crippen LogP contribution in [0.2, 0.25) is 0 Å². The first-order chi connectivity index (χ1) is 15.8. The number of nitrogen functional groups attached to an aromatic ring is 1. The Morgan fingerprint density at radius 2 is 1.03 bits per heavy atom. The Kier molecular flexibility index (Phi) is 6.28. The number of para-hydroxylation sites is 1. The fourth-order valence-electron chi connectivity index (χ4n) is 4.72. The first-order valence-corrected chi connectivity index (χ1v) is 11.5. The molecule has 0 spiro atoms. The van der Waals surface area contributed by atoms with Gasteiger partial charge in [-0.3, -0.25) is 0 Å². The van der Waals surface area contributed by atoms with Gasteiger partial charge in [0.15, 0.2) is 0 Å². The fourth-order valence-corrected chi connectivity index (χ4v) is 4.72. The van der Waals surface area contributed by atoms with Gasteiger partial charge >= 0.3 is 0 Å². The average Bonchev–Trinajstić information content (AvgIpc) is 2.87. The third-order valence-corrected chi connectivity index (χ3v) is 6.51. The summed E-state index contributed by atoms with van der Waals surface area (Å²) in [5, 5.41) is 0. The molecule has 0 bridgehead atoms. The summed E-state index contributed by atoms with van der Waals surface area (Å²) in [6, 6.07) is 26.1. The molecule has 166 valence electrons. The van der Waals surface area contributed by atoms with Crippen LogP contribution in [-0.4, -0.2) is 52.6 Å². The molecule has 2 aliphatic rings. The Morgan fingerprint density at radius 1 is 0.594 bits per heavy atom. The Morgan fingerprint density at radius 3 is 1.47 bits per heavy atom. The molecule has 0 aromatic heterocycles. The summed E-state index contributed by atoms with van der Waals surface area (Å²) in [5.74, 6) is 0.0914. The van der Waals surface area contributed by atoms with Crippen LogP contribution in [0.4, 0.5) is 17.1 Å². The Balaban J connectivity index is 1.46. The lowest BCUT2D eigenvalue weighted by Gasteiger charge is -2.30. The van der Waals surface area contributed by atoms with Crippen molar-refractivity contribution in [3.8, 4) is 0 Å². The Hall–Kier alpha value is -3.02. The van der Waals surface area contributed by atoms with Gasteiger partial charge in [-0.2, -0.15) is 0 Å². The SMILES string of the molecule is Nc1ccccc1C(c1ccc(N2CCOCC2)cc1)c1ccc(N2CCOCC2)cc1. The molecule has 2 heterocycles. The lowest BCUT2D eigenvalue weighted by atomic mass is 9.84. The molecule has 0 saturated carbocycles. The molecular weight excluding hydrogens is 398 g/mol. The summed E-state index contributed by atoms with van der Waals surface area (Å²) in [4.78, 5) is 4.77.